The SMILES string of the molecule is C[NH+](C)[C@H](CNC(=O)c1ccc(Cl)c([N+](=O)[O-])c1)c1cccs1. The van der Waals surface area contributed by atoms with E-state index in [4.69, 9.17) is 11.6 Å². The molecule has 0 aliphatic heterocycles. The van der Waals surface area contributed by atoms with E-state index in [0.29, 0.717) is 6.54 Å². The molecule has 1 atom stereocenters. The van der Waals surface area contributed by atoms with Crippen molar-refractivity contribution in [3.63, 3.8) is 0 Å². The Morgan fingerprint density at radius 1 is 1.43 bits per heavy atom. The van der Waals surface area contributed by atoms with Gasteiger partial charge in [-0.1, -0.05) is 17.7 Å². The summed E-state index contributed by atoms with van der Waals surface area (Å²) in [6.45, 7) is 0.443. The molecule has 122 valence electrons. The zero-order chi connectivity index (χ0) is 17.0. The lowest BCUT2D eigenvalue weighted by Crippen LogP contribution is -3.06. The van der Waals surface area contributed by atoms with Crippen molar-refractivity contribution in [1.82, 2.24) is 5.32 Å². The third kappa shape index (κ3) is 4.28. The van der Waals surface area contributed by atoms with Gasteiger partial charge >= 0.3 is 0 Å². The van der Waals surface area contributed by atoms with Crippen LogP contribution in [-0.2, 0) is 0 Å². The fourth-order valence-corrected chi connectivity index (χ4v) is 3.31. The van der Waals surface area contributed by atoms with Gasteiger partial charge in [0.2, 0.25) is 0 Å². The number of hydrogen-bond acceptors (Lipinski definition) is 4. The van der Waals surface area contributed by atoms with Gasteiger partial charge in [-0.15, -0.1) is 11.3 Å². The van der Waals surface area contributed by atoms with Gasteiger partial charge in [0.25, 0.3) is 11.6 Å². The third-order valence-electron chi connectivity index (χ3n) is 3.46. The van der Waals surface area contributed by atoms with Gasteiger partial charge < -0.3 is 10.2 Å². The van der Waals surface area contributed by atoms with Crippen molar-refractivity contribution >= 4 is 34.5 Å². The van der Waals surface area contributed by atoms with E-state index in [1.54, 1.807) is 11.3 Å². The molecule has 23 heavy (non-hydrogen) atoms. The molecule has 1 aromatic carbocycles. The Bertz CT molecular complexity index is 704. The number of likely N-dealkylation sites (N-methyl/N-ethyl adjacent to an activating group) is 1. The van der Waals surface area contributed by atoms with Crippen LogP contribution in [0.5, 0.6) is 0 Å². The number of carbonyl (C=O) groups is 1. The molecule has 8 heteroatoms. The number of nitro benzene ring substituents is 1. The molecule has 0 unspecified atom stereocenters. The summed E-state index contributed by atoms with van der Waals surface area (Å²) in [5.74, 6) is -0.354. The topological polar surface area (TPSA) is 76.7 Å². The van der Waals surface area contributed by atoms with E-state index in [0.717, 1.165) is 0 Å². The fraction of sp³-hybridized carbons (Fsp3) is 0.267. The van der Waals surface area contributed by atoms with Crippen LogP contribution in [0.15, 0.2) is 35.7 Å². The van der Waals surface area contributed by atoms with Gasteiger partial charge in [-0.2, -0.15) is 0 Å². The van der Waals surface area contributed by atoms with Crippen LogP contribution in [-0.4, -0.2) is 31.5 Å². The predicted octanol–water partition coefficient (Wildman–Crippen LogP) is 1.93. The summed E-state index contributed by atoms with van der Waals surface area (Å²) in [4.78, 5) is 24.9. The number of amides is 1. The van der Waals surface area contributed by atoms with Crippen molar-refractivity contribution in [2.24, 2.45) is 0 Å². The average Bonchev–Trinajstić information content (AvgIpc) is 3.01. The molecule has 2 rings (SSSR count). The Hall–Kier alpha value is -1.96. The Kier molecular flexibility index (Phi) is 5.70. The molecule has 0 saturated carbocycles. The summed E-state index contributed by atoms with van der Waals surface area (Å²) in [5.41, 5.74) is -0.0489. The Labute approximate surface area is 142 Å². The minimum absolute atomic E-state index is 0.0146. The van der Waals surface area contributed by atoms with Gasteiger partial charge in [-0.3, -0.25) is 14.9 Å². The highest BCUT2D eigenvalue weighted by atomic mass is 35.5. The van der Waals surface area contributed by atoms with Crippen molar-refractivity contribution in [3.8, 4) is 0 Å². The Balaban J connectivity index is 2.10. The molecule has 0 fully saturated rings. The number of quaternary nitrogens is 1. The lowest BCUT2D eigenvalue weighted by atomic mass is 10.1. The molecule has 1 heterocycles. The molecule has 1 aromatic heterocycles. The lowest BCUT2D eigenvalue weighted by molar-refractivity contribution is -0.890. The highest BCUT2D eigenvalue weighted by Crippen LogP contribution is 2.25. The maximum absolute atomic E-state index is 12.2. The molecule has 2 aromatic rings. The summed E-state index contributed by atoms with van der Waals surface area (Å²) >= 11 is 7.39. The molecular formula is C15H17ClN3O3S+. The van der Waals surface area contributed by atoms with E-state index in [9.17, 15) is 14.9 Å². The summed E-state index contributed by atoms with van der Waals surface area (Å²) in [6.07, 6.45) is 0. The molecule has 1 amide bonds. The molecular weight excluding hydrogens is 338 g/mol. The Morgan fingerprint density at radius 2 is 2.17 bits per heavy atom. The number of nitrogens with zero attached hydrogens (tertiary/aromatic N) is 1. The van der Waals surface area contributed by atoms with Gasteiger partial charge in [-0.25, -0.2) is 0 Å². The molecule has 2 N–H and O–H groups in total. The van der Waals surface area contributed by atoms with E-state index in [1.807, 2.05) is 31.6 Å². The predicted molar refractivity (Wildman–Crippen MR) is 90.3 cm³/mol. The number of nitro groups is 1. The van der Waals surface area contributed by atoms with E-state index < -0.39 is 4.92 Å². The zero-order valence-corrected chi connectivity index (χ0v) is 14.3. The molecule has 0 spiro atoms. The van der Waals surface area contributed by atoms with Gasteiger partial charge in [0.15, 0.2) is 0 Å². The maximum Gasteiger partial charge on any atom is 0.288 e. The smallest absolute Gasteiger partial charge is 0.288 e. The van der Waals surface area contributed by atoms with Crippen LogP contribution >= 0.6 is 22.9 Å². The van der Waals surface area contributed by atoms with E-state index >= 15 is 0 Å². The van der Waals surface area contributed by atoms with Gasteiger partial charge in [0, 0.05) is 11.6 Å². The molecule has 6 nitrogen and oxygen atoms in total. The number of hydrogen-bond donors (Lipinski definition) is 2. The molecule has 0 bridgehead atoms. The van der Waals surface area contributed by atoms with Crippen LogP contribution in [0.2, 0.25) is 5.02 Å². The number of rotatable bonds is 6. The Morgan fingerprint density at radius 3 is 2.74 bits per heavy atom. The van der Waals surface area contributed by atoms with Crippen LogP contribution in [0.4, 0.5) is 5.69 Å². The van der Waals surface area contributed by atoms with Crippen molar-refractivity contribution < 1.29 is 14.6 Å². The number of thiophene rings is 1. The number of carbonyl (C=O) groups excluding carboxylic acids is 1. The standard InChI is InChI=1S/C15H16ClN3O3S/c1-18(2)13(14-4-3-7-23-14)9-17-15(20)10-5-6-11(16)12(8-10)19(21)22/h3-8,13H,9H2,1-2H3,(H,17,20)/p+1/t13-/m1/s1. The summed E-state index contributed by atoms with van der Waals surface area (Å²) < 4.78 is 0. The van der Waals surface area contributed by atoms with Gasteiger partial charge in [0.05, 0.1) is 30.4 Å². The van der Waals surface area contributed by atoms with Crippen LogP contribution in [0.3, 0.4) is 0 Å². The first kappa shape index (κ1) is 17.4. The van der Waals surface area contributed by atoms with Crippen molar-refractivity contribution in [3.05, 3.63) is 61.3 Å². The second kappa shape index (κ2) is 7.54. The normalized spacial score (nSPS) is 12.2. The molecule has 0 radical (unpaired) electrons. The summed E-state index contributed by atoms with van der Waals surface area (Å²) in [6, 6.07) is 8.17. The first-order valence-corrected chi connectivity index (χ1v) is 8.21. The largest absolute Gasteiger partial charge is 0.346 e. The van der Waals surface area contributed by atoms with Crippen LogP contribution < -0.4 is 10.2 Å². The van der Waals surface area contributed by atoms with Crippen LogP contribution in [0, 0.1) is 10.1 Å². The van der Waals surface area contributed by atoms with Crippen LogP contribution in [0.25, 0.3) is 0 Å². The van der Waals surface area contributed by atoms with E-state index in [2.05, 4.69) is 5.32 Å². The van der Waals surface area contributed by atoms with Crippen molar-refractivity contribution in [2.75, 3.05) is 20.6 Å². The monoisotopic (exact) mass is 354 g/mol. The number of halogens is 1. The number of nitrogens with one attached hydrogen (secondary N) is 2. The zero-order valence-electron chi connectivity index (χ0n) is 12.7. The van der Waals surface area contributed by atoms with E-state index in [1.165, 1.54) is 28.0 Å². The van der Waals surface area contributed by atoms with Crippen molar-refractivity contribution in [1.29, 1.82) is 0 Å². The molecule has 0 aliphatic carbocycles. The highest BCUT2D eigenvalue weighted by Gasteiger charge is 2.21. The highest BCUT2D eigenvalue weighted by molar-refractivity contribution is 7.10. The quantitative estimate of drug-likeness (QED) is 0.614. The average molecular weight is 355 g/mol. The maximum atomic E-state index is 12.2. The minimum atomic E-state index is -0.600. The van der Waals surface area contributed by atoms with Crippen molar-refractivity contribution in [2.45, 2.75) is 6.04 Å². The first-order chi connectivity index (χ1) is 10.9. The second-order valence-corrected chi connectivity index (χ2v) is 6.67. The summed E-state index contributed by atoms with van der Waals surface area (Å²) in [5, 5.41) is 15.7. The molecule has 0 saturated heterocycles. The van der Waals surface area contributed by atoms with Crippen LogP contribution in [0.1, 0.15) is 21.3 Å². The third-order valence-corrected chi connectivity index (χ3v) is 4.76. The second-order valence-electron chi connectivity index (χ2n) is 5.28. The van der Waals surface area contributed by atoms with Gasteiger partial charge in [0.1, 0.15) is 11.1 Å². The molecule has 0 aliphatic rings. The van der Waals surface area contributed by atoms with E-state index in [-0.39, 0.29) is 28.2 Å². The fourth-order valence-electron chi connectivity index (χ4n) is 2.17. The first-order valence-electron chi connectivity index (χ1n) is 6.95. The lowest BCUT2D eigenvalue weighted by Gasteiger charge is -2.20. The number of benzene rings is 1. The van der Waals surface area contributed by atoms with Gasteiger partial charge in [-0.05, 0) is 23.6 Å². The summed E-state index contributed by atoms with van der Waals surface area (Å²) in [7, 11) is 4.04. The minimum Gasteiger partial charge on any atom is -0.346 e.